The first kappa shape index (κ1) is 15.0. The minimum absolute atomic E-state index is 0.0420. The van der Waals surface area contributed by atoms with E-state index < -0.39 is 0 Å². The van der Waals surface area contributed by atoms with Crippen LogP contribution in [0.1, 0.15) is 38.7 Å². The van der Waals surface area contributed by atoms with Crippen molar-refractivity contribution >= 4 is 17.7 Å². The molecule has 0 N–H and O–H groups in total. The fraction of sp³-hybridized carbons (Fsp3) is 0.467. The maximum atomic E-state index is 11.8. The Labute approximate surface area is 133 Å². The van der Waals surface area contributed by atoms with Gasteiger partial charge in [-0.1, -0.05) is 37.7 Å². The highest BCUT2D eigenvalue weighted by atomic mass is 32.2. The molecule has 6 nitrogen and oxygen atoms in total. The molecule has 0 saturated carbocycles. The van der Waals surface area contributed by atoms with Crippen LogP contribution in [-0.2, 0) is 9.53 Å². The number of hydrogen-bond acceptors (Lipinski definition) is 6. The molecule has 3 rings (SSSR count). The summed E-state index contributed by atoms with van der Waals surface area (Å²) in [5.74, 6) is 0.286. The molecule has 1 aliphatic heterocycles. The molecule has 2 aromatic rings. The summed E-state index contributed by atoms with van der Waals surface area (Å²) >= 11 is 1.35. The van der Waals surface area contributed by atoms with Crippen LogP contribution in [0.2, 0.25) is 0 Å². The first-order chi connectivity index (χ1) is 10.5. The van der Waals surface area contributed by atoms with Gasteiger partial charge in [-0.2, -0.15) is 4.68 Å². The molecule has 1 fully saturated rings. The maximum Gasteiger partial charge on any atom is 0.319 e. The molecule has 1 aromatic heterocycles. The van der Waals surface area contributed by atoms with Crippen LogP contribution in [0, 0.1) is 0 Å². The van der Waals surface area contributed by atoms with Gasteiger partial charge in [0.25, 0.3) is 0 Å². The third-order valence-corrected chi connectivity index (χ3v) is 4.75. The van der Waals surface area contributed by atoms with Gasteiger partial charge in [0.05, 0.1) is 5.69 Å². The lowest BCUT2D eigenvalue weighted by atomic mass is 10.0. The average Bonchev–Trinajstić information content (AvgIpc) is 3.06. The summed E-state index contributed by atoms with van der Waals surface area (Å²) < 4.78 is 6.83. The Kier molecular flexibility index (Phi) is 4.15. The van der Waals surface area contributed by atoms with Gasteiger partial charge in [0.2, 0.25) is 5.16 Å². The summed E-state index contributed by atoms with van der Waals surface area (Å²) in [6.07, 6.45) is 0.641. The topological polar surface area (TPSA) is 69.9 Å². The number of rotatable bonds is 4. The summed E-state index contributed by atoms with van der Waals surface area (Å²) in [5, 5.41) is 12.2. The molecule has 1 aromatic carbocycles. The van der Waals surface area contributed by atoms with Crippen molar-refractivity contribution in [2.45, 2.75) is 49.6 Å². The zero-order valence-electron chi connectivity index (χ0n) is 12.8. The Balaban J connectivity index is 1.81. The summed E-state index contributed by atoms with van der Waals surface area (Å²) in [6, 6.07) is 8.13. The van der Waals surface area contributed by atoms with Gasteiger partial charge in [0, 0.05) is 6.42 Å². The molecule has 2 atom stereocenters. The molecule has 2 heterocycles. The van der Waals surface area contributed by atoms with Crippen LogP contribution in [-0.4, -0.2) is 37.5 Å². The molecule has 1 aliphatic rings. The zero-order valence-corrected chi connectivity index (χ0v) is 13.6. The number of aromatic nitrogens is 4. The first-order valence-electron chi connectivity index (χ1n) is 7.30. The third kappa shape index (κ3) is 2.99. The van der Waals surface area contributed by atoms with Crippen LogP contribution < -0.4 is 0 Å². The summed E-state index contributed by atoms with van der Waals surface area (Å²) in [5.41, 5.74) is 2.15. The van der Waals surface area contributed by atoms with Crippen LogP contribution in [0.15, 0.2) is 29.4 Å². The average molecular weight is 318 g/mol. The number of nitrogens with zero attached hydrogens (tertiary/aromatic N) is 4. The Morgan fingerprint density at radius 3 is 2.64 bits per heavy atom. The summed E-state index contributed by atoms with van der Waals surface area (Å²) in [6.45, 7) is 6.20. The van der Waals surface area contributed by atoms with E-state index in [4.69, 9.17) is 4.74 Å². The fourth-order valence-corrected chi connectivity index (χ4v) is 3.46. The highest BCUT2D eigenvalue weighted by molar-refractivity contribution is 8.00. The zero-order chi connectivity index (χ0) is 15.7. The van der Waals surface area contributed by atoms with Crippen LogP contribution in [0.25, 0.3) is 5.69 Å². The van der Waals surface area contributed by atoms with Crippen molar-refractivity contribution in [2.24, 2.45) is 0 Å². The first-order valence-corrected chi connectivity index (χ1v) is 8.18. The van der Waals surface area contributed by atoms with Gasteiger partial charge >= 0.3 is 5.97 Å². The number of benzene rings is 1. The number of ether oxygens (including phenoxy) is 1. The second kappa shape index (κ2) is 6.08. The number of cyclic esters (lactones) is 1. The minimum Gasteiger partial charge on any atom is -0.462 e. The SMILES string of the molecule is CC(C)c1ccc(-n2nnnc2S[C@@H]2C[C@@H](C)OC2=O)cc1. The second-order valence-electron chi connectivity index (χ2n) is 5.71. The van der Waals surface area contributed by atoms with Crippen molar-refractivity contribution in [1.29, 1.82) is 0 Å². The lowest BCUT2D eigenvalue weighted by Crippen LogP contribution is -2.11. The molecule has 116 valence electrons. The van der Waals surface area contributed by atoms with Crippen molar-refractivity contribution in [1.82, 2.24) is 20.2 Å². The molecule has 0 spiro atoms. The van der Waals surface area contributed by atoms with Crippen molar-refractivity contribution in [3.8, 4) is 5.69 Å². The van der Waals surface area contributed by atoms with Crippen molar-refractivity contribution in [2.75, 3.05) is 0 Å². The van der Waals surface area contributed by atoms with Gasteiger partial charge in [-0.05, 0) is 41.0 Å². The number of tetrazole rings is 1. The van der Waals surface area contributed by atoms with Gasteiger partial charge in [-0.15, -0.1) is 5.10 Å². The van der Waals surface area contributed by atoms with Crippen molar-refractivity contribution in [3.63, 3.8) is 0 Å². The normalized spacial score (nSPS) is 21.4. The monoisotopic (exact) mass is 318 g/mol. The molecular weight excluding hydrogens is 300 g/mol. The number of hydrogen-bond donors (Lipinski definition) is 0. The van der Waals surface area contributed by atoms with Crippen molar-refractivity contribution in [3.05, 3.63) is 29.8 Å². The van der Waals surface area contributed by atoms with Gasteiger partial charge in [-0.25, -0.2) is 0 Å². The van der Waals surface area contributed by atoms with Crippen LogP contribution in [0.3, 0.4) is 0 Å². The maximum absolute atomic E-state index is 11.8. The van der Waals surface area contributed by atoms with E-state index in [1.807, 2.05) is 19.1 Å². The van der Waals surface area contributed by atoms with Gasteiger partial charge in [-0.3, -0.25) is 4.79 Å². The smallest absolute Gasteiger partial charge is 0.319 e. The number of thioether (sulfide) groups is 1. The number of carbonyl (C=O) groups is 1. The Bertz CT molecular complexity index is 668. The lowest BCUT2D eigenvalue weighted by Gasteiger charge is -2.08. The fourth-order valence-electron chi connectivity index (χ4n) is 2.36. The minimum atomic E-state index is -0.241. The molecule has 0 radical (unpaired) electrons. The number of carbonyl (C=O) groups excluding carboxylic acids is 1. The van der Waals surface area contributed by atoms with E-state index >= 15 is 0 Å². The number of esters is 1. The Morgan fingerprint density at radius 1 is 1.32 bits per heavy atom. The predicted molar refractivity (Wildman–Crippen MR) is 83.1 cm³/mol. The van der Waals surface area contributed by atoms with E-state index in [-0.39, 0.29) is 17.3 Å². The van der Waals surface area contributed by atoms with Gasteiger partial charge in [0.1, 0.15) is 11.4 Å². The molecular formula is C15H18N4O2S. The van der Waals surface area contributed by atoms with E-state index in [1.54, 1.807) is 4.68 Å². The van der Waals surface area contributed by atoms with Gasteiger partial charge in [0.15, 0.2) is 0 Å². The molecule has 0 amide bonds. The van der Waals surface area contributed by atoms with E-state index in [1.165, 1.54) is 17.3 Å². The Hall–Kier alpha value is -1.89. The predicted octanol–water partition coefficient (Wildman–Crippen LogP) is 2.58. The largest absolute Gasteiger partial charge is 0.462 e. The third-order valence-electron chi connectivity index (χ3n) is 3.62. The summed E-state index contributed by atoms with van der Waals surface area (Å²) in [7, 11) is 0. The van der Waals surface area contributed by atoms with Gasteiger partial charge < -0.3 is 4.74 Å². The Morgan fingerprint density at radius 2 is 2.05 bits per heavy atom. The van der Waals surface area contributed by atoms with E-state index in [9.17, 15) is 4.79 Å². The molecule has 0 aliphatic carbocycles. The standard InChI is InChI=1S/C15H18N4O2S/c1-9(2)11-4-6-12(7-5-11)19-15(16-17-18-19)22-13-8-10(3)21-14(13)20/h4-7,9-10,13H,8H2,1-3H3/t10-,13-/m1/s1. The second-order valence-corrected chi connectivity index (χ2v) is 6.88. The van der Waals surface area contributed by atoms with Crippen LogP contribution in [0.4, 0.5) is 0 Å². The van der Waals surface area contributed by atoms with Crippen LogP contribution >= 0.6 is 11.8 Å². The lowest BCUT2D eigenvalue weighted by molar-refractivity contribution is -0.140. The summed E-state index contributed by atoms with van der Waals surface area (Å²) in [4.78, 5) is 11.8. The molecule has 0 bridgehead atoms. The molecule has 0 unspecified atom stereocenters. The van der Waals surface area contributed by atoms with E-state index in [0.717, 1.165) is 5.69 Å². The highest BCUT2D eigenvalue weighted by Gasteiger charge is 2.34. The molecule has 7 heteroatoms. The van der Waals surface area contributed by atoms with Crippen LogP contribution in [0.5, 0.6) is 0 Å². The van der Waals surface area contributed by atoms with E-state index in [0.29, 0.717) is 17.5 Å². The van der Waals surface area contributed by atoms with Crippen molar-refractivity contribution < 1.29 is 9.53 Å². The highest BCUT2D eigenvalue weighted by Crippen LogP contribution is 2.31. The quantitative estimate of drug-likeness (QED) is 0.807. The molecule has 1 saturated heterocycles. The van der Waals surface area contributed by atoms with E-state index in [2.05, 4.69) is 41.5 Å². The molecule has 22 heavy (non-hydrogen) atoms.